The second-order valence-corrected chi connectivity index (χ2v) is 4.07. The summed E-state index contributed by atoms with van der Waals surface area (Å²) in [6, 6.07) is 5.48. The fourth-order valence-corrected chi connectivity index (χ4v) is 1.50. The van der Waals surface area contributed by atoms with Gasteiger partial charge in [0.05, 0.1) is 6.42 Å². The summed E-state index contributed by atoms with van der Waals surface area (Å²) in [4.78, 5) is 22.3. The molecule has 0 bridgehead atoms. The van der Waals surface area contributed by atoms with Gasteiger partial charge >= 0.3 is 5.97 Å². The number of hydrogen-bond donors (Lipinski definition) is 0. The Morgan fingerprint density at radius 1 is 1.32 bits per heavy atom. The van der Waals surface area contributed by atoms with Crippen molar-refractivity contribution in [3.8, 4) is 5.75 Å². The summed E-state index contributed by atoms with van der Waals surface area (Å²) in [6.45, 7) is 4.47. The van der Waals surface area contributed by atoms with Gasteiger partial charge in [0.2, 0.25) is 0 Å². The van der Waals surface area contributed by atoms with Crippen LogP contribution in [0.15, 0.2) is 36.9 Å². The minimum Gasteiger partial charge on any atom is -0.427 e. The van der Waals surface area contributed by atoms with E-state index in [1.54, 1.807) is 0 Å². The van der Waals surface area contributed by atoms with Gasteiger partial charge in [0.15, 0.2) is 5.78 Å². The Balaban J connectivity index is 2.73. The lowest BCUT2D eigenvalue weighted by molar-refractivity contribution is -0.131. The van der Waals surface area contributed by atoms with Crippen LogP contribution in [0.1, 0.15) is 30.1 Å². The van der Waals surface area contributed by atoms with Gasteiger partial charge in [-0.15, -0.1) is 6.58 Å². The molecule has 0 aliphatic rings. The average molecular weight is 268 g/mol. The SMILES string of the molecule is C=CCC(F)(F)CC(=O)c1ccc(OC(C)=O)cc1. The van der Waals surface area contributed by atoms with Crippen molar-refractivity contribution in [2.24, 2.45) is 0 Å². The topological polar surface area (TPSA) is 43.4 Å². The number of esters is 1. The summed E-state index contributed by atoms with van der Waals surface area (Å²) >= 11 is 0. The molecule has 0 heterocycles. The van der Waals surface area contributed by atoms with Crippen LogP contribution in [0.4, 0.5) is 8.78 Å². The van der Waals surface area contributed by atoms with Crippen molar-refractivity contribution < 1.29 is 23.1 Å². The first-order valence-electron chi connectivity index (χ1n) is 5.64. The number of benzene rings is 1. The van der Waals surface area contributed by atoms with Gasteiger partial charge < -0.3 is 4.74 Å². The molecule has 0 amide bonds. The van der Waals surface area contributed by atoms with Crippen molar-refractivity contribution in [3.05, 3.63) is 42.5 Å². The van der Waals surface area contributed by atoms with Crippen LogP contribution in [0.3, 0.4) is 0 Å². The summed E-state index contributed by atoms with van der Waals surface area (Å²) in [7, 11) is 0. The zero-order valence-electron chi connectivity index (χ0n) is 10.5. The smallest absolute Gasteiger partial charge is 0.308 e. The molecule has 0 unspecified atom stereocenters. The summed E-state index contributed by atoms with van der Waals surface area (Å²) in [5, 5.41) is 0. The normalized spacial score (nSPS) is 10.9. The molecule has 0 aliphatic heterocycles. The maximum Gasteiger partial charge on any atom is 0.308 e. The van der Waals surface area contributed by atoms with Crippen LogP contribution in [0, 0.1) is 0 Å². The van der Waals surface area contributed by atoms with Crippen molar-refractivity contribution in [1.29, 1.82) is 0 Å². The van der Waals surface area contributed by atoms with Crippen LogP contribution >= 0.6 is 0 Å². The van der Waals surface area contributed by atoms with Gasteiger partial charge in [0.25, 0.3) is 5.92 Å². The lowest BCUT2D eigenvalue weighted by Crippen LogP contribution is -2.20. The van der Waals surface area contributed by atoms with Gasteiger partial charge in [-0.25, -0.2) is 8.78 Å². The van der Waals surface area contributed by atoms with Crippen LogP contribution in [-0.2, 0) is 4.79 Å². The number of alkyl halides is 2. The third kappa shape index (κ3) is 4.99. The summed E-state index contributed by atoms with van der Waals surface area (Å²) in [6.07, 6.45) is -0.326. The van der Waals surface area contributed by atoms with Gasteiger partial charge in [-0.05, 0) is 24.3 Å². The van der Waals surface area contributed by atoms with Crippen molar-refractivity contribution >= 4 is 11.8 Å². The number of ether oxygens (including phenoxy) is 1. The maximum absolute atomic E-state index is 13.3. The molecule has 0 radical (unpaired) electrons. The Kier molecular flexibility index (Phi) is 4.92. The lowest BCUT2D eigenvalue weighted by Gasteiger charge is -2.13. The Morgan fingerprint density at radius 3 is 2.37 bits per heavy atom. The summed E-state index contributed by atoms with van der Waals surface area (Å²) in [5.41, 5.74) is 0.152. The molecule has 1 aromatic rings. The van der Waals surface area contributed by atoms with E-state index < -0.39 is 30.5 Å². The Bertz CT molecular complexity index is 478. The highest BCUT2D eigenvalue weighted by Crippen LogP contribution is 2.25. The minimum absolute atomic E-state index is 0.152. The zero-order valence-corrected chi connectivity index (χ0v) is 10.5. The molecule has 0 aliphatic carbocycles. The molecule has 1 aromatic carbocycles. The standard InChI is InChI=1S/C14H14F2O3/c1-3-8-14(15,16)9-13(18)11-4-6-12(7-5-11)19-10(2)17/h3-7H,1,8-9H2,2H3. The number of carbonyl (C=O) groups is 2. The van der Waals surface area contributed by atoms with Gasteiger partial charge in [-0.1, -0.05) is 6.08 Å². The van der Waals surface area contributed by atoms with E-state index in [4.69, 9.17) is 4.74 Å². The van der Waals surface area contributed by atoms with Crippen molar-refractivity contribution in [3.63, 3.8) is 0 Å². The molecule has 0 spiro atoms. The van der Waals surface area contributed by atoms with E-state index in [2.05, 4.69) is 6.58 Å². The predicted octanol–water partition coefficient (Wildman–Crippen LogP) is 3.40. The number of halogens is 2. The fraction of sp³-hybridized carbons (Fsp3) is 0.286. The second-order valence-electron chi connectivity index (χ2n) is 4.07. The number of ketones is 1. The number of hydrogen-bond acceptors (Lipinski definition) is 3. The highest BCUT2D eigenvalue weighted by molar-refractivity contribution is 5.96. The molecule has 0 atom stereocenters. The molecule has 19 heavy (non-hydrogen) atoms. The largest absolute Gasteiger partial charge is 0.427 e. The van der Waals surface area contributed by atoms with E-state index in [-0.39, 0.29) is 11.3 Å². The molecule has 3 nitrogen and oxygen atoms in total. The molecule has 0 N–H and O–H groups in total. The zero-order chi connectivity index (χ0) is 14.5. The van der Waals surface area contributed by atoms with Crippen molar-refractivity contribution in [2.45, 2.75) is 25.7 Å². The van der Waals surface area contributed by atoms with E-state index in [9.17, 15) is 18.4 Å². The summed E-state index contributed by atoms with van der Waals surface area (Å²) < 4.78 is 31.3. The monoisotopic (exact) mass is 268 g/mol. The van der Waals surface area contributed by atoms with Crippen LogP contribution in [0.2, 0.25) is 0 Å². The van der Waals surface area contributed by atoms with Crippen molar-refractivity contribution in [1.82, 2.24) is 0 Å². The van der Waals surface area contributed by atoms with E-state index in [0.29, 0.717) is 0 Å². The Morgan fingerprint density at radius 2 is 1.89 bits per heavy atom. The molecule has 102 valence electrons. The lowest BCUT2D eigenvalue weighted by atomic mass is 10.0. The van der Waals surface area contributed by atoms with Crippen LogP contribution in [-0.4, -0.2) is 17.7 Å². The maximum atomic E-state index is 13.3. The predicted molar refractivity (Wildman–Crippen MR) is 66.5 cm³/mol. The molecule has 0 saturated carbocycles. The number of rotatable bonds is 6. The molecule has 5 heteroatoms. The Labute approximate surface area is 109 Å². The van der Waals surface area contributed by atoms with Crippen LogP contribution < -0.4 is 4.74 Å². The third-order valence-corrected chi connectivity index (χ3v) is 2.30. The van der Waals surface area contributed by atoms with Gasteiger partial charge in [0.1, 0.15) is 5.75 Å². The molecule has 1 rings (SSSR count). The van der Waals surface area contributed by atoms with E-state index >= 15 is 0 Å². The highest BCUT2D eigenvalue weighted by Gasteiger charge is 2.30. The third-order valence-electron chi connectivity index (χ3n) is 2.30. The molecular formula is C14H14F2O3. The average Bonchev–Trinajstić information content (AvgIpc) is 2.28. The van der Waals surface area contributed by atoms with Gasteiger partial charge in [-0.2, -0.15) is 0 Å². The second kappa shape index (κ2) is 6.22. The summed E-state index contributed by atoms with van der Waals surface area (Å²) in [5.74, 6) is -3.98. The quantitative estimate of drug-likeness (QED) is 0.344. The Hall–Kier alpha value is -2.04. The number of Topliss-reactive ketones (excluding diaryl/α,β-unsaturated/α-hetero) is 1. The van der Waals surface area contributed by atoms with Gasteiger partial charge in [0, 0.05) is 18.9 Å². The molecular weight excluding hydrogens is 254 g/mol. The molecule has 0 fully saturated rings. The van der Waals surface area contributed by atoms with E-state index in [1.165, 1.54) is 31.2 Å². The number of allylic oxidation sites excluding steroid dienone is 1. The highest BCUT2D eigenvalue weighted by atomic mass is 19.3. The van der Waals surface area contributed by atoms with Crippen LogP contribution in [0.25, 0.3) is 0 Å². The molecule has 0 saturated heterocycles. The first-order chi connectivity index (χ1) is 8.84. The first kappa shape index (κ1) is 15.0. The van der Waals surface area contributed by atoms with E-state index in [1.807, 2.05) is 0 Å². The fourth-order valence-electron chi connectivity index (χ4n) is 1.50. The minimum atomic E-state index is -3.09. The first-order valence-corrected chi connectivity index (χ1v) is 5.64. The van der Waals surface area contributed by atoms with Crippen molar-refractivity contribution in [2.75, 3.05) is 0 Å². The number of carbonyl (C=O) groups excluding carboxylic acids is 2. The van der Waals surface area contributed by atoms with E-state index in [0.717, 1.165) is 6.08 Å². The van der Waals surface area contributed by atoms with Gasteiger partial charge in [-0.3, -0.25) is 9.59 Å². The van der Waals surface area contributed by atoms with Crippen LogP contribution in [0.5, 0.6) is 5.75 Å². The molecule has 0 aromatic heterocycles.